The zero-order valence-corrected chi connectivity index (χ0v) is 8.59. The van der Waals surface area contributed by atoms with Crippen LogP contribution in [0.2, 0.25) is 0 Å². The molecule has 0 bridgehead atoms. The number of carbonyl (C=O) groups is 1. The number of carbonyl (C=O) groups excluding carboxylic acids is 1. The minimum atomic E-state index is -2.52. The van der Waals surface area contributed by atoms with Crippen molar-refractivity contribution in [3.8, 4) is 0 Å². The summed E-state index contributed by atoms with van der Waals surface area (Å²) in [6, 6.07) is 0. The molecule has 0 aromatic rings. The van der Waals surface area contributed by atoms with E-state index in [0.29, 0.717) is 19.5 Å². The molecule has 0 radical (unpaired) electrons. The van der Waals surface area contributed by atoms with Crippen LogP contribution in [0, 0.1) is 17.8 Å². The Morgan fingerprint density at radius 2 is 1.93 bits per heavy atom. The van der Waals surface area contributed by atoms with Gasteiger partial charge in [0, 0.05) is 31.3 Å². The van der Waals surface area contributed by atoms with E-state index in [0.717, 1.165) is 12.8 Å². The first-order valence-corrected chi connectivity index (χ1v) is 5.74. The largest absolute Gasteiger partial charge is 0.342 e. The number of nitrogens with zero attached hydrogens (tertiary/aromatic N) is 1. The molecule has 3 rings (SSSR count). The Morgan fingerprint density at radius 1 is 1.20 bits per heavy atom. The molecule has 1 aliphatic heterocycles. The number of likely N-dealkylation sites (tertiary alicyclic amines) is 1. The smallest absolute Gasteiger partial charge is 0.252 e. The maximum absolute atomic E-state index is 13.4. The number of alkyl halides is 2. The van der Waals surface area contributed by atoms with Crippen molar-refractivity contribution in [1.29, 1.82) is 0 Å². The highest BCUT2D eigenvalue weighted by atomic mass is 19.3. The normalized spacial score (nSPS) is 38.1. The van der Waals surface area contributed by atoms with Crippen molar-refractivity contribution in [1.82, 2.24) is 4.90 Å². The van der Waals surface area contributed by atoms with Crippen molar-refractivity contribution in [2.75, 3.05) is 13.1 Å². The van der Waals surface area contributed by atoms with E-state index < -0.39 is 11.8 Å². The van der Waals surface area contributed by atoms with Gasteiger partial charge < -0.3 is 4.90 Å². The van der Waals surface area contributed by atoms with Crippen molar-refractivity contribution in [3.63, 3.8) is 0 Å². The summed E-state index contributed by atoms with van der Waals surface area (Å²) in [7, 11) is 0. The molecule has 1 heterocycles. The Morgan fingerprint density at radius 3 is 2.53 bits per heavy atom. The van der Waals surface area contributed by atoms with Crippen molar-refractivity contribution >= 4 is 5.91 Å². The molecule has 4 heteroatoms. The zero-order chi connectivity index (χ0) is 10.6. The molecule has 15 heavy (non-hydrogen) atoms. The maximum atomic E-state index is 13.4. The van der Waals surface area contributed by atoms with Crippen LogP contribution >= 0.6 is 0 Å². The van der Waals surface area contributed by atoms with Gasteiger partial charge in [-0.25, -0.2) is 8.78 Å². The molecule has 2 nitrogen and oxygen atoms in total. The molecule has 2 saturated carbocycles. The Kier molecular flexibility index (Phi) is 1.86. The Bertz CT molecular complexity index is 301. The van der Waals surface area contributed by atoms with Crippen LogP contribution in [0.25, 0.3) is 0 Å². The SMILES string of the molecule is O=C(C1CC1)N1C[C@H]2CCC(F)(F)[C@@H]2C1. The van der Waals surface area contributed by atoms with Gasteiger partial charge in [-0.1, -0.05) is 0 Å². The van der Waals surface area contributed by atoms with Crippen LogP contribution in [-0.4, -0.2) is 29.8 Å². The van der Waals surface area contributed by atoms with Crippen LogP contribution in [0.1, 0.15) is 25.7 Å². The van der Waals surface area contributed by atoms with E-state index in [2.05, 4.69) is 0 Å². The molecular formula is C11H15F2NO. The minimum Gasteiger partial charge on any atom is -0.342 e. The lowest BCUT2D eigenvalue weighted by atomic mass is 9.99. The van der Waals surface area contributed by atoms with Crippen molar-refractivity contribution in [2.45, 2.75) is 31.6 Å². The Hall–Kier alpha value is -0.670. The van der Waals surface area contributed by atoms with Gasteiger partial charge in [-0.2, -0.15) is 0 Å². The fourth-order valence-corrected chi connectivity index (χ4v) is 2.97. The number of hydrogen-bond donors (Lipinski definition) is 0. The summed E-state index contributed by atoms with van der Waals surface area (Å²) < 4.78 is 26.8. The second-order valence-corrected chi connectivity index (χ2v) is 5.18. The van der Waals surface area contributed by atoms with Crippen LogP contribution < -0.4 is 0 Å². The van der Waals surface area contributed by atoms with Crippen LogP contribution in [0.4, 0.5) is 8.78 Å². The average molecular weight is 215 g/mol. The van der Waals surface area contributed by atoms with Gasteiger partial charge in [0.2, 0.25) is 5.91 Å². The first kappa shape index (κ1) is 9.55. The highest BCUT2D eigenvalue weighted by Gasteiger charge is 2.55. The monoisotopic (exact) mass is 215 g/mol. The van der Waals surface area contributed by atoms with Gasteiger partial charge in [-0.15, -0.1) is 0 Å². The summed E-state index contributed by atoms with van der Waals surface area (Å²) in [5.41, 5.74) is 0. The fourth-order valence-electron chi connectivity index (χ4n) is 2.97. The second kappa shape index (κ2) is 2.92. The molecule has 1 saturated heterocycles. The Labute approximate surface area is 87.6 Å². The first-order valence-electron chi connectivity index (χ1n) is 5.74. The zero-order valence-electron chi connectivity index (χ0n) is 8.59. The van der Waals surface area contributed by atoms with Gasteiger partial charge in [0.05, 0.1) is 0 Å². The Balaban J connectivity index is 1.70. The highest BCUT2D eigenvalue weighted by molar-refractivity contribution is 5.81. The number of halogens is 2. The topological polar surface area (TPSA) is 20.3 Å². The van der Waals surface area contributed by atoms with Gasteiger partial charge in [-0.05, 0) is 25.2 Å². The molecular weight excluding hydrogens is 200 g/mol. The molecule has 3 fully saturated rings. The predicted octanol–water partition coefficient (Wildman–Crippen LogP) is 1.90. The van der Waals surface area contributed by atoms with E-state index in [1.54, 1.807) is 4.90 Å². The van der Waals surface area contributed by atoms with E-state index in [9.17, 15) is 13.6 Å². The number of hydrogen-bond acceptors (Lipinski definition) is 1. The summed E-state index contributed by atoms with van der Waals surface area (Å²) in [4.78, 5) is 13.4. The molecule has 0 aromatic carbocycles. The molecule has 0 spiro atoms. The molecule has 1 amide bonds. The van der Waals surface area contributed by atoms with Gasteiger partial charge in [0.15, 0.2) is 0 Å². The molecule has 0 aromatic heterocycles. The average Bonchev–Trinajstić information content (AvgIpc) is 2.86. The number of fused-ring (bicyclic) bond motifs is 1. The van der Waals surface area contributed by atoms with Crippen LogP contribution in [0.15, 0.2) is 0 Å². The van der Waals surface area contributed by atoms with Crippen LogP contribution in [0.5, 0.6) is 0 Å². The van der Waals surface area contributed by atoms with Crippen molar-refractivity contribution in [3.05, 3.63) is 0 Å². The lowest BCUT2D eigenvalue weighted by Gasteiger charge is -2.20. The maximum Gasteiger partial charge on any atom is 0.252 e. The standard InChI is InChI=1S/C11H15F2NO/c12-11(13)4-3-8-5-14(6-9(8)11)10(15)7-1-2-7/h7-9H,1-6H2/t8-,9-/m1/s1. The highest BCUT2D eigenvalue weighted by Crippen LogP contribution is 2.49. The summed E-state index contributed by atoms with van der Waals surface area (Å²) in [6.45, 7) is 0.878. The number of rotatable bonds is 1. The van der Waals surface area contributed by atoms with E-state index >= 15 is 0 Å². The van der Waals surface area contributed by atoms with E-state index in [4.69, 9.17) is 0 Å². The third-order valence-corrected chi connectivity index (χ3v) is 4.07. The van der Waals surface area contributed by atoms with Gasteiger partial charge in [-0.3, -0.25) is 4.79 Å². The second-order valence-electron chi connectivity index (χ2n) is 5.18. The molecule has 3 aliphatic rings. The van der Waals surface area contributed by atoms with Gasteiger partial charge in [0.25, 0.3) is 5.92 Å². The molecule has 2 atom stereocenters. The van der Waals surface area contributed by atoms with Gasteiger partial charge >= 0.3 is 0 Å². The van der Waals surface area contributed by atoms with E-state index in [-0.39, 0.29) is 24.2 Å². The third-order valence-electron chi connectivity index (χ3n) is 4.07. The molecule has 0 N–H and O–H groups in total. The minimum absolute atomic E-state index is 0.0216. The summed E-state index contributed by atoms with van der Waals surface area (Å²) in [5.74, 6) is -2.73. The van der Waals surface area contributed by atoms with Gasteiger partial charge in [0.1, 0.15) is 0 Å². The fraction of sp³-hybridized carbons (Fsp3) is 0.909. The van der Waals surface area contributed by atoms with Crippen molar-refractivity contribution < 1.29 is 13.6 Å². The van der Waals surface area contributed by atoms with Crippen LogP contribution in [-0.2, 0) is 4.79 Å². The summed E-state index contributed by atoms with van der Waals surface area (Å²) in [6.07, 6.45) is 2.53. The predicted molar refractivity (Wildman–Crippen MR) is 50.5 cm³/mol. The van der Waals surface area contributed by atoms with E-state index in [1.165, 1.54) is 0 Å². The van der Waals surface area contributed by atoms with Crippen molar-refractivity contribution in [2.24, 2.45) is 17.8 Å². The first-order chi connectivity index (χ1) is 7.08. The quantitative estimate of drug-likeness (QED) is 0.654. The molecule has 0 unspecified atom stereocenters. The number of amides is 1. The lowest BCUT2D eigenvalue weighted by Crippen LogP contribution is -2.33. The molecule has 2 aliphatic carbocycles. The van der Waals surface area contributed by atoms with E-state index in [1.807, 2.05) is 0 Å². The third kappa shape index (κ3) is 1.45. The lowest BCUT2D eigenvalue weighted by molar-refractivity contribution is -0.132. The summed E-state index contributed by atoms with van der Waals surface area (Å²) >= 11 is 0. The molecule has 84 valence electrons. The summed E-state index contributed by atoms with van der Waals surface area (Å²) in [5, 5.41) is 0. The van der Waals surface area contributed by atoms with Crippen LogP contribution in [0.3, 0.4) is 0 Å².